The highest BCUT2D eigenvalue weighted by Crippen LogP contribution is 2.14. The average Bonchev–Trinajstić information content (AvgIpc) is 2.48. The van der Waals surface area contributed by atoms with Crippen LogP contribution in [0.25, 0.3) is 0 Å². The summed E-state index contributed by atoms with van der Waals surface area (Å²) in [5, 5.41) is 0. The molecule has 0 aliphatic carbocycles. The Morgan fingerprint density at radius 3 is 2.69 bits per heavy atom. The maximum absolute atomic E-state index is 11.6. The highest BCUT2D eigenvalue weighted by molar-refractivity contribution is 4.73. The summed E-state index contributed by atoms with van der Waals surface area (Å²) in [7, 11) is 0. The van der Waals surface area contributed by atoms with E-state index in [1.54, 1.807) is 17.0 Å². The minimum absolute atomic E-state index is 0.0376. The molecule has 1 rings (SSSR count). The van der Waals surface area contributed by atoms with Gasteiger partial charge in [0.25, 0.3) is 0 Å². The summed E-state index contributed by atoms with van der Waals surface area (Å²) >= 11 is 0. The molecule has 74 valence electrons. The number of hydrogen-bond acceptors (Lipinski definition) is 2. The van der Waals surface area contributed by atoms with E-state index in [-0.39, 0.29) is 6.61 Å². The predicted octanol–water partition coefficient (Wildman–Crippen LogP) is 1.46. The molecule has 0 radical (unpaired) electrons. The fraction of sp³-hybridized carbons (Fsp3) is 0.571. The summed E-state index contributed by atoms with van der Waals surface area (Å²) in [5.74, 6) is 0. The molecule has 0 aliphatic rings. The highest BCUT2D eigenvalue weighted by atomic mass is 19.4. The Balaban J connectivity index is 2.09. The SMILES string of the molecule is FC(F)(F)COCCn1ccnc1. The van der Waals surface area contributed by atoms with Crippen LogP contribution in [0.3, 0.4) is 0 Å². The zero-order valence-electron chi connectivity index (χ0n) is 6.79. The van der Waals surface area contributed by atoms with E-state index < -0.39 is 12.8 Å². The molecule has 3 nitrogen and oxygen atoms in total. The highest BCUT2D eigenvalue weighted by Gasteiger charge is 2.27. The van der Waals surface area contributed by atoms with Gasteiger partial charge in [-0.3, -0.25) is 0 Å². The maximum Gasteiger partial charge on any atom is 0.411 e. The quantitative estimate of drug-likeness (QED) is 0.678. The summed E-state index contributed by atoms with van der Waals surface area (Å²) in [6.07, 6.45) is 0.507. The number of rotatable bonds is 4. The first kappa shape index (κ1) is 10.0. The zero-order chi connectivity index (χ0) is 9.73. The van der Waals surface area contributed by atoms with Gasteiger partial charge in [0.15, 0.2) is 0 Å². The first-order chi connectivity index (χ1) is 6.08. The molecule has 0 aliphatic heterocycles. The van der Waals surface area contributed by atoms with Crippen LogP contribution < -0.4 is 0 Å². The second kappa shape index (κ2) is 4.27. The Labute approximate surface area is 73.1 Å². The number of ether oxygens (including phenoxy) is 1. The van der Waals surface area contributed by atoms with E-state index in [1.807, 2.05) is 0 Å². The van der Waals surface area contributed by atoms with E-state index in [0.29, 0.717) is 6.54 Å². The molecule has 6 heteroatoms. The Bertz CT molecular complexity index is 232. The van der Waals surface area contributed by atoms with Crippen molar-refractivity contribution in [2.75, 3.05) is 13.2 Å². The Morgan fingerprint density at radius 2 is 2.15 bits per heavy atom. The van der Waals surface area contributed by atoms with Crippen LogP contribution in [-0.4, -0.2) is 28.9 Å². The second-order valence-corrected chi connectivity index (χ2v) is 2.47. The fourth-order valence-corrected chi connectivity index (χ4v) is 0.777. The zero-order valence-corrected chi connectivity index (χ0v) is 6.79. The lowest BCUT2D eigenvalue weighted by molar-refractivity contribution is -0.174. The summed E-state index contributed by atoms with van der Waals surface area (Å²) in [6.45, 7) is -0.770. The van der Waals surface area contributed by atoms with Crippen molar-refractivity contribution >= 4 is 0 Å². The average molecular weight is 194 g/mol. The van der Waals surface area contributed by atoms with Crippen molar-refractivity contribution in [2.45, 2.75) is 12.7 Å². The van der Waals surface area contributed by atoms with Crippen molar-refractivity contribution in [3.05, 3.63) is 18.7 Å². The molecule has 0 bridgehead atoms. The smallest absolute Gasteiger partial charge is 0.370 e. The molecule has 1 heterocycles. The summed E-state index contributed by atoms with van der Waals surface area (Å²) in [6, 6.07) is 0. The van der Waals surface area contributed by atoms with E-state index >= 15 is 0 Å². The van der Waals surface area contributed by atoms with Gasteiger partial charge in [-0.1, -0.05) is 0 Å². The lowest BCUT2D eigenvalue weighted by Crippen LogP contribution is -2.18. The minimum atomic E-state index is -4.24. The van der Waals surface area contributed by atoms with Gasteiger partial charge >= 0.3 is 6.18 Å². The molecular formula is C7H9F3N2O. The first-order valence-electron chi connectivity index (χ1n) is 3.68. The molecule has 0 fully saturated rings. The van der Waals surface area contributed by atoms with Gasteiger partial charge in [-0.15, -0.1) is 0 Å². The second-order valence-electron chi connectivity index (χ2n) is 2.47. The van der Waals surface area contributed by atoms with Crippen LogP contribution in [0.1, 0.15) is 0 Å². The van der Waals surface area contributed by atoms with Crippen molar-refractivity contribution < 1.29 is 17.9 Å². The largest absolute Gasteiger partial charge is 0.411 e. The molecule has 0 amide bonds. The lowest BCUT2D eigenvalue weighted by atomic mass is 10.6. The van der Waals surface area contributed by atoms with Gasteiger partial charge in [0.2, 0.25) is 0 Å². The number of hydrogen-bond donors (Lipinski definition) is 0. The van der Waals surface area contributed by atoms with Crippen molar-refractivity contribution in [2.24, 2.45) is 0 Å². The number of aromatic nitrogens is 2. The van der Waals surface area contributed by atoms with Crippen molar-refractivity contribution in [3.8, 4) is 0 Å². The van der Waals surface area contributed by atoms with Crippen LogP contribution in [0.4, 0.5) is 13.2 Å². The third-order valence-corrected chi connectivity index (χ3v) is 1.32. The molecule has 0 spiro atoms. The van der Waals surface area contributed by atoms with Crippen LogP contribution >= 0.6 is 0 Å². The molecular weight excluding hydrogens is 185 g/mol. The predicted molar refractivity (Wildman–Crippen MR) is 39.1 cm³/mol. The molecule has 13 heavy (non-hydrogen) atoms. The Morgan fingerprint density at radius 1 is 1.38 bits per heavy atom. The number of imidazole rings is 1. The van der Waals surface area contributed by atoms with E-state index in [9.17, 15) is 13.2 Å². The topological polar surface area (TPSA) is 27.1 Å². The monoisotopic (exact) mass is 194 g/mol. The lowest BCUT2D eigenvalue weighted by Gasteiger charge is -2.07. The van der Waals surface area contributed by atoms with Crippen LogP contribution in [-0.2, 0) is 11.3 Å². The van der Waals surface area contributed by atoms with Crippen molar-refractivity contribution in [1.29, 1.82) is 0 Å². The van der Waals surface area contributed by atoms with E-state index in [4.69, 9.17) is 0 Å². The standard InChI is InChI=1S/C7H9F3N2O/c8-7(9,10)5-13-4-3-12-2-1-11-6-12/h1-2,6H,3-5H2. The first-order valence-corrected chi connectivity index (χ1v) is 3.68. The summed E-state index contributed by atoms with van der Waals surface area (Å²) in [5.41, 5.74) is 0. The molecule has 0 saturated carbocycles. The fourth-order valence-electron chi connectivity index (χ4n) is 0.777. The molecule has 0 aromatic carbocycles. The van der Waals surface area contributed by atoms with Crippen LogP contribution in [0.5, 0.6) is 0 Å². The Kier molecular flexibility index (Phi) is 3.30. The van der Waals surface area contributed by atoms with Gasteiger partial charge in [-0.2, -0.15) is 13.2 Å². The molecule has 1 aromatic rings. The van der Waals surface area contributed by atoms with Gasteiger partial charge in [0.1, 0.15) is 6.61 Å². The van der Waals surface area contributed by atoms with Gasteiger partial charge in [-0.05, 0) is 0 Å². The number of alkyl halides is 3. The van der Waals surface area contributed by atoms with Crippen molar-refractivity contribution in [1.82, 2.24) is 9.55 Å². The van der Waals surface area contributed by atoms with Gasteiger partial charge < -0.3 is 9.30 Å². The van der Waals surface area contributed by atoms with Crippen LogP contribution in [0.2, 0.25) is 0 Å². The van der Waals surface area contributed by atoms with E-state index in [1.165, 1.54) is 6.33 Å². The maximum atomic E-state index is 11.6. The summed E-state index contributed by atoms with van der Waals surface area (Å²) < 4.78 is 40.8. The number of nitrogens with zero attached hydrogens (tertiary/aromatic N) is 2. The Hall–Kier alpha value is -1.04. The van der Waals surface area contributed by atoms with Crippen LogP contribution in [0.15, 0.2) is 18.7 Å². The minimum Gasteiger partial charge on any atom is -0.370 e. The molecule has 0 saturated heterocycles. The molecule has 0 unspecified atom stereocenters. The summed E-state index contributed by atoms with van der Waals surface area (Å²) in [4.78, 5) is 3.73. The van der Waals surface area contributed by atoms with E-state index in [0.717, 1.165) is 0 Å². The van der Waals surface area contributed by atoms with Gasteiger partial charge in [-0.25, -0.2) is 4.98 Å². The molecule has 0 atom stereocenters. The molecule has 1 aromatic heterocycles. The third kappa shape index (κ3) is 4.51. The van der Waals surface area contributed by atoms with Gasteiger partial charge in [0, 0.05) is 18.9 Å². The molecule has 0 N–H and O–H groups in total. The third-order valence-electron chi connectivity index (χ3n) is 1.32. The number of halogens is 3. The van der Waals surface area contributed by atoms with Gasteiger partial charge in [0.05, 0.1) is 12.9 Å². The van der Waals surface area contributed by atoms with E-state index in [2.05, 4.69) is 9.72 Å². The van der Waals surface area contributed by atoms with Crippen molar-refractivity contribution in [3.63, 3.8) is 0 Å². The normalized spacial score (nSPS) is 11.9. The van der Waals surface area contributed by atoms with Crippen LogP contribution in [0, 0.1) is 0 Å².